The van der Waals surface area contributed by atoms with Gasteiger partial charge in [0.1, 0.15) is 42.2 Å². The molecule has 0 radical (unpaired) electrons. The lowest BCUT2D eigenvalue weighted by molar-refractivity contribution is 0.0493. The highest BCUT2D eigenvalue weighted by molar-refractivity contribution is 5.91. The van der Waals surface area contributed by atoms with Gasteiger partial charge in [-0.1, -0.05) is 0 Å². The fourth-order valence-electron chi connectivity index (χ4n) is 3.82. The van der Waals surface area contributed by atoms with Crippen molar-refractivity contribution in [1.82, 2.24) is 60.1 Å². The number of hydrogen-bond donors (Lipinski definition) is 3. The minimum atomic E-state index is -0.680. The summed E-state index contributed by atoms with van der Waals surface area (Å²) in [5.41, 5.74) is 4.12. The van der Waals surface area contributed by atoms with E-state index in [1.807, 2.05) is 0 Å². The Balaban J connectivity index is 0.000000266. The SMILES string of the molecule is COC(=O)c1cc(-n2ncnc2[C@H](C)NC(=O)OC(C)(C)C)ncn1.C[C@H](NC(=O)OC(C)(C)C)c1ncnn1-c1cc(C(N)=O)ncn1. The number of amides is 3. The highest BCUT2D eigenvalue weighted by atomic mass is 16.6. The van der Waals surface area contributed by atoms with Gasteiger partial charge < -0.3 is 30.6 Å². The molecule has 0 spiro atoms. The molecule has 0 bridgehead atoms. The van der Waals surface area contributed by atoms with E-state index in [9.17, 15) is 19.2 Å². The predicted octanol–water partition coefficient (Wildman–Crippen LogP) is 2.17. The van der Waals surface area contributed by atoms with Crippen molar-refractivity contribution in [3.63, 3.8) is 0 Å². The number of alkyl carbamates (subject to hydrolysis) is 2. The summed E-state index contributed by atoms with van der Waals surface area (Å²) in [5.74, 6) is 0.186. The van der Waals surface area contributed by atoms with Crippen LogP contribution in [0.2, 0.25) is 0 Å². The first kappa shape index (κ1) is 37.4. The van der Waals surface area contributed by atoms with Gasteiger partial charge in [0, 0.05) is 12.1 Å². The van der Waals surface area contributed by atoms with Crippen molar-refractivity contribution in [2.75, 3.05) is 7.11 Å². The van der Waals surface area contributed by atoms with Crippen LogP contribution in [0.4, 0.5) is 9.59 Å². The number of aromatic nitrogens is 10. The summed E-state index contributed by atoms with van der Waals surface area (Å²) in [7, 11) is 1.26. The summed E-state index contributed by atoms with van der Waals surface area (Å²) in [4.78, 5) is 70.6. The number of methoxy groups -OCH3 is 1. The van der Waals surface area contributed by atoms with Gasteiger partial charge >= 0.3 is 18.2 Å². The van der Waals surface area contributed by atoms with E-state index in [2.05, 4.69) is 55.5 Å². The van der Waals surface area contributed by atoms with Gasteiger partial charge in [0.05, 0.1) is 19.2 Å². The lowest BCUT2D eigenvalue weighted by Gasteiger charge is -2.21. The van der Waals surface area contributed by atoms with Crippen LogP contribution in [0.15, 0.2) is 37.4 Å². The first-order valence-electron chi connectivity index (χ1n) is 14.7. The van der Waals surface area contributed by atoms with Crippen molar-refractivity contribution in [1.29, 1.82) is 0 Å². The van der Waals surface area contributed by atoms with Gasteiger partial charge in [0.2, 0.25) is 0 Å². The van der Waals surface area contributed by atoms with Gasteiger partial charge in [-0.05, 0) is 55.4 Å². The molecule has 2 atom stereocenters. The van der Waals surface area contributed by atoms with Crippen LogP contribution in [0.1, 0.15) is 100 Å². The Kier molecular flexibility index (Phi) is 12.0. The van der Waals surface area contributed by atoms with Gasteiger partial charge in [0.25, 0.3) is 5.91 Å². The second-order valence-corrected chi connectivity index (χ2v) is 12.2. The molecule has 20 nitrogen and oxygen atoms in total. The molecular weight excluding hydrogens is 642 g/mol. The van der Waals surface area contributed by atoms with Crippen LogP contribution in [0.3, 0.4) is 0 Å². The van der Waals surface area contributed by atoms with E-state index in [1.54, 1.807) is 55.4 Å². The minimum Gasteiger partial charge on any atom is -0.464 e. The molecule has 0 saturated heterocycles. The first-order valence-corrected chi connectivity index (χ1v) is 14.7. The maximum absolute atomic E-state index is 11.9. The van der Waals surface area contributed by atoms with Crippen molar-refractivity contribution < 1.29 is 33.4 Å². The molecule has 3 amide bonds. The number of esters is 1. The summed E-state index contributed by atoms with van der Waals surface area (Å²) in [6.07, 6.45) is 3.90. The third-order valence-corrected chi connectivity index (χ3v) is 5.78. The monoisotopic (exact) mass is 681 g/mol. The summed E-state index contributed by atoms with van der Waals surface area (Å²) in [5, 5.41) is 13.5. The number of rotatable bonds is 8. The van der Waals surface area contributed by atoms with Gasteiger partial charge in [-0.25, -0.2) is 44.3 Å². The summed E-state index contributed by atoms with van der Waals surface area (Å²) in [6, 6.07) is 1.80. The van der Waals surface area contributed by atoms with Gasteiger partial charge in [-0.2, -0.15) is 19.6 Å². The molecule has 4 N–H and O–H groups in total. The van der Waals surface area contributed by atoms with E-state index in [4.69, 9.17) is 15.2 Å². The fraction of sp³-hybridized carbons (Fsp3) is 0.448. The van der Waals surface area contributed by atoms with E-state index >= 15 is 0 Å². The molecule has 4 heterocycles. The van der Waals surface area contributed by atoms with Crippen LogP contribution < -0.4 is 16.4 Å². The molecule has 0 fully saturated rings. The summed E-state index contributed by atoms with van der Waals surface area (Å²) in [6.45, 7) is 14.1. The Morgan fingerprint density at radius 1 is 0.673 bits per heavy atom. The molecule has 0 aliphatic rings. The average molecular weight is 682 g/mol. The number of ether oxygens (including phenoxy) is 3. The molecule has 0 aromatic carbocycles. The zero-order valence-corrected chi connectivity index (χ0v) is 28.5. The zero-order valence-electron chi connectivity index (χ0n) is 28.5. The second-order valence-electron chi connectivity index (χ2n) is 12.2. The van der Waals surface area contributed by atoms with Crippen LogP contribution in [0.25, 0.3) is 11.6 Å². The third-order valence-electron chi connectivity index (χ3n) is 5.78. The van der Waals surface area contributed by atoms with Crippen LogP contribution in [-0.2, 0) is 14.2 Å². The number of carbonyl (C=O) groups excluding carboxylic acids is 4. The van der Waals surface area contributed by atoms with Crippen LogP contribution >= 0.6 is 0 Å². The third kappa shape index (κ3) is 11.0. The quantitative estimate of drug-likeness (QED) is 0.178. The molecule has 0 aliphatic carbocycles. The van der Waals surface area contributed by atoms with E-state index in [0.29, 0.717) is 23.3 Å². The Bertz CT molecular complexity index is 1780. The maximum Gasteiger partial charge on any atom is 0.408 e. The number of hydrogen-bond acceptors (Lipinski definition) is 15. The normalized spacial score (nSPS) is 12.4. The number of nitrogens with one attached hydrogen (secondary N) is 2. The second kappa shape index (κ2) is 15.7. The van der Waals surface area contributed by atoms with Gasteiger partial charge in [0.15, 0.2) is 29.0 Å². The molecule has 4 aromatic heterocycles. The molecule has 0 unspecified atom stereocenters. The van der Waals surface area contributed by atoms with Crippen LogP contribution in [0, 0.1) is 0 Å². The van der Waals surface area contributed by atoms with E-state index in [0.717, 1.165) is 0 Å². The lowest BCUT2D eigenvalue weighted by Crippen LogP contribution is -2.35. The van der Waals surface area contributed by atoms with Crippen molar-refractivity contribution >= 4 is 24.1 Å². The summed E-state index contributed by atoms with van der Waals surface area (Å²) >= 11 is 0. The predicted molar refractivity (Wildman–Crippen MR) is 169 cm³/mol. The zero-order chi connectivity index (χ0) is 36.5. The topological polar surface area (TPSA) is 259 Å². The van der Waals surface area contributed by atoms with Crippen molar-refractivity contribution in [2.24, 2.45) is 5.73 Å². The van der Waals surface area contributed by atoms with E-state index < -0.39 is 47.3 Å². The Morgan fingerprint density at radius 2 is 1.08 bits per heavy atom. The average Bonchev–Trinajstić information content (AvgIpc) is 3.70. The van der Waals surface area contributed by atoms with E-state index in [1.165, 1.54) is 53.9 Å². The molecule has 0 aliphatic heterocycles. The highest BCUT2D eigenvalue weighted by Gasteiger charge is 2.24. The van der Waals surface area contributed by atoms with Crippen molar-refractivity contribution in [3.05, 3.63) is 60.5 Å². The molecular formula is C29H39N13O7. The van der Waals surface area contributed by atoms with Crippen molar-refractivity contribution in [3.8, 4) is 11.6 Å². The van der Waals surface area contributed by atoms with Gasteiger partial charge in [-0.15, -0.1) is 0 Å². The number of nitrogens with zero attached hydrogens (tertiary/aromatic N) is 10. The summed E-state index contributed by atoms with van der Waals surface area (Å²) < 4.78 is 17.9. The van der Waals surface area contributed by atoms with Crippen molar-refractivity contribution in [2.45, 2.75) is 78.7 Å². The largest absolute Gasteiger partial charge is 0.464 e. The molecule has 4 rings (SSSR count). The smallest absolute Gasteiger partial charge is 0.408 e. The van der Waals surface area contributed by atoms with Gasteiger partial charge in [-0.3, -0.25) is 4.79 Å². The Labute approximate surface area is 281 Å². The number of nitrogens with two attached hydrogens (primary N) is 1. The number of primary amides is 1. The minimum absolute atomic E-state index is 0.0502. The first-order chi connectivity index (χ1) is 22.9. The molecule has 20 heteroatoms. The standard InChI is InChI=1S/C15H20N6O4.C14H19N7O3/c1-9(20-14(23)25-15(2,3)4)12-18-8-19-21(12)11-6-10(13(22)24-5)16-7-17-11;1-8(20-13(23)24-14(2,3)4)12-18-7-19-21(12)10-5-9(11(15)22)16-6-17-10/h6-9H,1-5H3,(H,20,23);5-8H,1-4H3,(H2,15,22)(H,20,23)/t9-;8-/m00/s1. The molecule has 4 aromatic rings. The molecule has 49 heavy (non-hydrogen) atoms. The Hall–Kier alpha value is -6.08. The maximum atomic E-state index is 11.9. The lowest BCUT2D eigenvalue weighted by atomic mass is 10.2. The van der Waals surface area contributed by atoms with E-state index in [-0.39, 0.29) is 11.4 Å². The molecule has 0 saturated carbocycles. The molecule has 262 valence electrons. The highest BCUT2D eigenvalue weighted by Crippen LogP contribution is 2.17. The Morgan fingerprint density at radius 3 is 1.47 bits per heavy atom. The fourth-order valence-corrected chi connectivity index (χ4v) is 3.82. The van der Waals surface area contributed by atoms with Crippen LogP contribution in [-0.4, -0.2) is 91.8 Å². The number of carbonyl (C=O) groups is 4. The van der Waals surface area contributed by atoms with Crippen LogP contribution in [0.5, 0.6) is 0 Å².